The van der Waals surface area contributed by atoms with E-state index >= 15 is 0 Å². The second-order valence-electron chi connectivity index (χ2n) is 3.55. The summed E-state index contributed by atoms with van der Waals surface area (Å²) in [6, 6.07) is 9.39. The average molecular weight is 314 g/mol. The molecule has 0 fully saturated rings. The zero-order valence-electron chi connectivity index (χ0n) is 9.15. The molecular formula is C12H10BrClN2O. The Morgan fingerprint density at radius 1 is 1.24 bits per heavy atom. The van der Waals surface area contributed by atoms with Crippen molar-refractivity contribution in [3.8, 4) is 5.75 Å². The Morgan fingerprint density at radius 2 is 2.06 bits per heavy atom. The third-order valence-electron chi connectivity index (χ3n) is 2.21. The molecule has 0 bridgehead atoms. The van der Waals surface area contributed by atoms with Crippen LogP contribution in [0.3, 0.4) is 0 Å². The van der Waals surface area contributed by atoms with Crippen LogP contribution in [-0.4, -0.2) is 10.2 Å². The van der Waals surface area contributed by atoms with Crippen LogP contribution in [0.25, 0.3) is 0 Å². The molecule has 1 aromatic heterocycles. The van der Waals surface area contributed by atoms with Crippen molar-refractivity contribution in [2.24, 2.45) is 0 Å². The van der Waals surface area contributed by atoms with Gasteiger partial charge in [0.1, 0.15) is 18.1 Å². The summed E-state index contributed by atoms with van der Waals surface area (Å²) >= 11 is 9.06. The lowest BCUT2D eigenvalue weighted by molar-refractivity contribution is 0.297. The average Bonchev–Trinajstić information content (AvgIpc) is 2.32. The van der Waals surface area contributed by atoms with Crippen LogP contribution in [0.5, 0.6) is 5.75 Å². The van der Waals surface area contributed by atoms with Gasteiger partial charge in [-0.25, -0.2) is 0 Å². The summed E-state index contributed by atoms with van der Waals surface area (Å²) in [6.45, 7) is 2.37. The molecule has 0 saturated carbocycles. The summed E-state index contributed by atoms with van der Waals surface area (Å²) in [6.07, 6.45) is 0. The molecule has 0 radical (unpaired) electrons. The SMILES string of the molecule is Cc1ccc(Br)cc1OCc1ccc(Cl)nn1. The van der Waals surface area contributed by atoms with Crippen molar-refractivity contribution in [3.05, 3.63) is 51.2 Å². The largest absolute Gasteiger partial charge is 0.487 e. The Morgan fingerprint density at radius 3 is 2.76 bits per heavy atom. The third-order valence-corrected chi connectivity index (χ3v) is 2.91. The quantitative estimate of drug-likeness (QED) is 0.865. The maximum atomic E-state index is 5.67. The van der Waals surface area contributed by atoms with Gasteiger partial charge >= 0.3 is 0 Å². The van der Waals surface area contributed by atoms with Crippen LogP contribution < -0.4 is 4.74 Å². The summed E-state index contributed by atoms with van der Waals surface area (Å²) < 4.78 is 6.65. The highest BCUT2D eigenvalue weighted by atomic mass is 79.9. The summed E-state index contributed by atoms with van der Waals surface area (Å²) in [7, 11) is 0. The van der Waals surface area contributed by atoms with E-state index < -0.39 is 0 Å². The highest BCUT2D eigenvalue weighted by Gasteiger charge is 2.02. The first-order chi connectivity index (χ1) is 8.15. The van der Waals surface area contributed by atoms with Crippen molar-refractivity contribution >= 4 is 27.5 Å². The number of nitrogens with zero attached hydrogens (tertiary/aromatic N) is 2. The highest BCUT2D eigenvalue weighted by Crippen LogP contribution is 2.23. The molecular weight excluding hydrogens is 304 g/mol. The van der Waals surface area contributed by atoms with Gasteiger partial charge in [-0.3, -0.25) is 0 Å². The number of hydrogen-bond donors (Lipinski definition) is 0. The molecule has 0 aliphatic rings. The fraction of sp³-hybridized carbons (Fsp3) is 0.167. The third kappa shape index (κ3) is 3.41. The van der Waals surface area contributed by atoms with Crippen molar-refractivity contribution < 1.29 is 4.74 Å². The molecule has 2 aromatic rings. The predicted octanol–water partition coefficient (Wildman–Crippen LogP) is 3.78. The lowest BCUT2D eigenvalue weighted by Gasteiger charge is -2.08. The van der Waals surface area contributed by atoms with Crippen molar-refractivity contribution in [2.45, 2.75) is 13.5 Å². The van der Waals surface area contributed by atoms with Crippen LogP contribution in [0.1, 0.15) is 11.3 Å². The number of halogens is 2. The number of hydrogen-bond acceptors (Lipinski definition) is 3. The minimum absolute atomic E-state index is 0.376. The van der Waals surface area contributed by atoms with Crippen molar-refractivity contribution in [3.63, 3.8) is 0 Å². The first-order valence-electron chi connectivity index (χ1n) is 5.02. The monoisotopic (exact) mass is 312 g/mol. The van der Waals surface area contributed by atoms with E-state index in [9.17, 15) is 0 Å². The second-order valence-corrected chi connectivity index (χ2v) is 4.85. The molecule has 2 rings (SSSR count). The molecule has 0 saturated heterocycles. The molecule has 0 spiro atoms. The van der Waals surface area contributed by atoms with Crippen LogP contribution >= 0.6 is 27.5 Å². The molecule has 17 heavy (non-hydrogen) atoms. The van der Waals surface area contributed by atoms with E-state index in [1.807, 2.05) is 25.1 Å². The van der Waals surface area contributed by atoms with Crippen molar-refractivity contribution in [1.29, 1.82) is 0 Å². The fourth-order valence-electron chi connectivity index (χ4n) is 1.30. The van der Waals surface area contributed by atoms with Gasteiger partial charge in [-0.05, 0) is 36.8 Å². The lowest BCUT2D eigenvalue weighted by atomic mass is 10.2. The number of benzene rings is 1. The maximum absolute atomic E-state index is 5.67. The Hall–Kier alpha value is -1.13. The summed E-state index contributed by atoms with van der Waals surface area (Å²) in [5, 5.41) is 8.07. The van der Waals surface area contributed by atoms with E-state index in [1.165, 1.54) is 0 Å². The Kier molecular flexibility index (Phi) is 3.97. The first-order valence-corrected chi connectivity index (χ1v) is 6.19. The van der Waals surface area contributed by atoms with Gasteiger partial charge in [-0.1, -0.05) is 33.6 Å². The molecule has 88 valence electrons. The number of aromatic nitrogens is 2. The maximum Gasteiger partial charge on any atom is 0.151 e. The van der Waals surface area contributed by atoms with Gasteiger partial charge in [0.25, 0.3) is 0 Å². The molecule has 1 heterocycles. The van der Waals surface area contributed by atoms with E-state index in [0.29, 0.717) is 11.8 Å². The second kappa shape index (κ2) is 5.47. The van der Waals surface area contributed by atoms with E-state index in [-0.39, 0.29) is 0 Å². The summed E-state index contributed by atoms with van der Waals surface area (Å²) in [5.41, 5.74) is 1.82. The smallest absolute Gasteiger partial charge is 0.151 e. The van der Waals surface area contributed by atoms with E-state index in [4.69, 9.17) is 16.3 Å². The van der Waals surface area contributed by atoms with Gasteiger partial charge in [0.15, 0.2) is 5.15 Å². The van der Waals surface area contributed by atoms with E-state index in [2.05, 4.69) is 26.1 Å². The van der Waals surface area contributed by atoms with Gasteiger partial charge in [-0.2, -0.15) is 5.10 Å². The van der Waals surface area contributed by atoms with Gasteiger partial charge in [0.2, 0.25) is 0 Å². The van der Waals surface area contributed by atoms with Crippen LogP contribution in [0, 0.1) is 6.92 Å². The fourth-order valence-corrected chi connectivity index (χ4v) is 1.74. The minimum Gasteiger partial charge on any atom is -0.487 e. The van der Waals surface area contributed by atoms with Gasteiger partial charge in [0, 0.05) is 4.47 Å². The van der Waals surface area contributed by atoms with Crippen molar-refractivity contribution in [1.82, 2.24) is 10.2 Å². The van der Waals surface area contributed by atoms with Gasteiger partial charge in [0.05, 0.1) is 0 Å². The lowest BCUT2D eigenvalue weighted by Crippen LogP contribution is -2.00. The van der Waals surface area contributed by atoms with E-state index in [0.717, 1.165) is 21.5 Å². The van der Waals surface area contributed by atoms with E-state index in [1.54, 1.807) is 12.1 Å². The summed E-state index contributed by atoms with van der Waals surface area (Å²) in [5.74, 6) is 0.830. The number of aryl methyl sites for hydroxylation is 1. The molecule has 1 aromatic carbocycles. The normalized spacial score (nSPS) is 10.3. The zero-order chi connectivity index (χ0) is 12.3. The number of rotatable bonds is 3. The van der Waals surface area contributed by atoms with Crippen LogP contribution in [0.4, 0.5) is 0 Å². The number of ether oxygens (including phenoxy) is 1. The van der Waals surface area contributed by atoms with Crippen LogP contribution in [0.2, 0.25) is 5.15 Å². The van der Waals surface area contributed by atoms with Gasteiger partial charge in [-0.15, -0.1) is 5.10 Å². The Bertz CT molecular complexity index is 516. The van der Waals surface area contributed by atoms with Crippen LogP contribution in [0.15, 0.2) is 34.8 Å². The topological polar surface area (TPSA) is 35.0 Å². The van der Waals surface area contributed by atoms with Crippen molar-refractivity contribution in [2.75, 3.05) is 0 Å². The first kappa shape index (κ1) is 12.3. The molecule has 5 heteroatoms. The predicted molar refractivity (Wildman–Crippen MR) is 70.3 cm³/mol. The summed E-state index contributed by atoms with van der Waals surface area (Å²) in [4.78, 5) is 0. The molecule has 0 unspecified atom stereocenters. The van der Waals surface area contributed by atoms with Crippen LogP contribution in [-0.2, 0) is 6.61 Å². The molecule has 0 amide bonds. The zero-order valence-corrected chi connectivity index (χ0v) is 11.5. The highest BCUT2D eigenvalue weighted by molar-refractivity contribution is 9.10. The Balaban J connectivity index is 2.07. The minimum atomic E-state index is 0.376. The van der Waals surface area contributed by atoms with Gasteiger partial charge < -0.3 is 4.74 Å². The standard InChI is InChI=1S/C12H10BrClN2O/c1-8-2-3-9(13)6-11(8)17-7-10-4-5-12(14)16-15-10/h2-6H,7H2,1H3. The molecule has 3 nitrogen and oxygen atoms in total. The molecule has 0 N–H and O–H groups in total. The molecule has 0 atom stereocenters. The molecule has 0 aliphatic carbocycles. The molecule has 0 aliphatic heterocycles. The Labute approximate surface area is 113 Å².